The number of hydrogen-bond acceptors (Lipinski definition) is 12. The lowest BCUT2D eigenvalue weighted by molar-refractivity contribution is -0.133. The predicted molar refractivity (Wildman–Crippen MR) is 272 cm³/mol. The Morgan fingerprint density at radius 2 is 1.67 bits per heavy atom. The second-order valence-corrected chi connectivity index (χ2v) is 20.5. The highest BCUT2D eigenvalue weighted by Crippen LogP contribution is 2.35. The zero-order chi connectivity index (χ0) is 49.3. The summed E-state index contributed by atoms with van der Waals surface area (Å²) >= 11 is 0. The van der Waals surface area contributed by atoms with Gasteiger partial charge in [-0.1, -0.05) is 18.2 Å². The van der Waals surface area contributed by atoms with E-state index in [0.29, 0.717) is 29.5 Å². The number of fused-ring (bicyclic) bond motifs is 1. The molecule has 2 unspecified atom stereocenters. The Morgan fingerprint density at radius 1 is 0.914 bits per heavy atom. The number of carbonyl (C=O) groups is 3. The molecular formula is C54H67FN10O5. The lowest BCUT2D eigenvalue weighted by Crippen LogP contribution is -2.49. The minimum Gasteiger partial charge on any atom is -0.444 e. The molecule has 0 saturated carbocycles. The first kappa shape index (κ1) is 48.8. The van der Waals surface area contributed by atoms with Crippen LogP contribution < -0.4 is 20.9 Å². The number of likely N-dealkylation sites (tertiary alicyclic amines) is 1. The number of amides is 3. The van der Waals surface area contributed by atoms with Gasteiger partial charge in [0.25, 0.3) is 0 Å². The van der Waals surface area contributed by atoms with Gasteiger partial charge in [-0.05, 0) is 142 Å². The number of anilines is 3. The van der Waals surface area contributed by atoms with Crippen LogP contribution in [0.1, 0.15) is 87.1 Å². The normalized spacial score (nSPS) is 19.5. The summed E-state index contributed by atoms with van der Waals surface area (Å²) in [6.45, 7) is 18.2. The van der Waals surface area contributed by atoms with Crippen molar-refractivity contribution in [2.75, 3.05) is 74.4 Å². The third kappa shape index (κ3) is 11.2. The van der Waals surface area contributed by atoms with E-state index < -0.39 is 24.0 Å². The van der Waals surface area contributed by atoms with Crippen LogP contribution in [0, 0.1) is 25.6 Å². The summed E-state index contributed by atoms with van der Waals surface area (Å²) in [6, 6.07) is 16.8. The molecule has 70 heavy (non-hydrogen) atoms. The summed E-state index contributed by atoms with van der Waals surface area (Å²) in [7, 11) is 2.07. The SMILES string of the molecule is Cc1cc(C(O)N2CCC(CN3CCN(c4ccc(NC5CCC(=O)NC5=O)cc4F)CC3)CC2)cc(C)c1C1=CCN(Cc2cc3c(-c4ccc(NC(=O)OC(C)(C)C)nc4)ccnc3n2C)CC1. The minimum absolute atomic E-state index is 0.264. The number of aliphatic hydroxyl groups excluding tert-OH is 1. The zero-order valence-corrected chi connectivity index (χ0v) is 41.4. The maximum absolute atomic E-state index is 15.3. The first-order chi connectivity index (χ1) is 33.5. The fourth-order valence-electron chi connectivity index (χ4n) is 10.7. The zero-order valence-electron chi connectivity index (χ0n) is 41.4. The van der Waals surface area contributed by atoms with Crippen LogP contribution in [0.2, 0.25) is 0 Å². The maximum Gasteiger partial charge on any atom is 0.413 e. The van der Waals surface area contributed by atoms with Crippen LogP contribution in [0.15, 0.2) is 73.1 Å². The Bertz CT molecular complexity index is 2750. The molecule has 3 amide bonds. The summed E-state index contributed by atoms with van der Waals surface area (Å²) < 4.78 is 22.8. The van der Waals surface area contributed by atoms with E-state index in [9.17, 15) is 19.5 Å². The number of nitrogens with zero attached hydrogens (tertiary/aromatic N) is 7. The van der Waals surface area contributed by atoms with Crippen molar-refractivity contribution in [3.8, 4) is 11.1 Å². The van der Waals surface area contributed by atoms with E-state index in [1.165, 1.54) is 34.0 Å². The number of rotatable bonds is 12. The van der Waals surface area contributed by atoms with Crippen molar-refractivity contribution < 1.29 is 28.6 Å². The molecule has 3 aromatic heterocycles. The van der Waals surface area contributed by atoms with Gasteiger partial charge < -0.3 is 24.6 Å². The van der Waals surface area contributed by atoms with E-state index in [2.05, 4.69) is 90.3 Å². The van der Waals surface area contributed by atoms with Crippen LogP contribution in [-0.2, 0) is 27.9 Å². The van der Waals surface area contributed by atoms with Gasteiger partial charge in [0.05, 0.1) is 5.69 Å². The molecule has 9 rings (SSSR count). The summed E-state index contributed by atoms with van der Waals surface area (Å²) in [4.78, 5) is 54.4. The standard InChI is InChI=1S/C54H67FN10O5/c1-34-27-39(52(68)65-21-14-36(15-22-65)32-63-23-25-64(26-24-63)46-10-8-40(29-44(46)55)58-45-9-12-48(66)60-51(45)67)28-35(2)49(34)37-16-19-62(20-17-37)33-41-30-43-42(13-18-56-50(43)61(41)6)38-7-11-47(57-31-38)59-53(69)70-54(3,4)5/h7-8,10-11,13,16,18,27-31,36,45,52,58,68H,9,12,14-15,17,19-26,32-33H2,1-6H3,(H,57,59,69)(H,60,66,67). The fourth-order valence-corrected chi connectivity index (χ4v) is 10.7. The molecule has 4 aliphatic rings. The number of aryl methyl sites for hydroxylation is 3. The van der Waals surface area contributed by atoms with Crippen LogP contribution in [0.25, 0.3) is 27.7 Å². The number of hydrogen-bond donors (Lipinski definition) is 4. The maximum atomic E-state index is 15.3. The molecular weight excluding hydrogens is 888 g/mol. The number of aliphatic hydroxyl groups is 1. The van der Waals surface area contributed by atoms with Gasteiger partial charge in [0.1, 0.15) is 35.2 Å². The van der Waals surface area contributed by atoms with Crippen molar-refractivity contribution in [3.63, 3.8) is 0 Å². The molecule has 3 fully saturated rings. The molecule has 0 aliphatic carbocycles. The molecule has 0 radical (unpaired) electrons. The lowest BCUT2D eigenvalue weighted by Gasteiger charge is -2.40. The number of aromatic nitrogens is 3. The lowest BCUT2D eigenvalue weighted by atomic mass is 9.89. The Morgan fingerprint density at radius 3 is 2.33 bits per heavy atom. The highest BCUT2D eigenvalue weighted by atomic mass is 19.1. The summed E-state index contributed by atoms with van der Waals surface area (Å²) in [5.74, 6) is -0.0125. The van der Waals surface area contributed by atoms with Crippen LogP contribution in [0.5, 0.6) is 0 Å². The van der Waals surface area contributed by atoms with Crippen molar-refractivity contribution in [2.24, 2.45) is 13.0 Å². The van der Waals surface area contributed by atoms with Gasteiger partial charge in [-0.15, -0.1) is 0 Å². The Balaban J connectivity index is 0.745. The molecule has 0 bridgehead atoms. The van der Waals surface area contributed by atoms with E-state index >= 15 is 4.39 Å². The molecule has 15 nitrogen and oxygen atoms in total. The van der Waals surface area contributed by atoms with Gasteiger partial charge in [0.15, 0.2) is 0 Å². The van der Waals surface area contributed by atoms with Crippen molar-refractivity contribution in [2.45, 2.75) is 91.1 Å². The van der Waals surface area contributed by atoms with E-state index in [1.54, 1.807) is 24.4 Å². The van der Waals surface area contributed by atoms with Crippen LogP contribution >= 0.6 is 0 Å². The first-order valence-corrected chi connectivity index (χ1v) is 24.8. The number of carbonyl (C=O) groups excluding carboxylic acids is 3. The summed E-state index contributed by atoms with van der Waals surface area (Å²) in [5, 5.41) is 20.8. The number of nitrogens with one attached hydrogen (secondary N) is 3. The van der Waals surface area contributed by atoms with Crippen molar-refractivity contribution in [3.05, 3.63) is 107 Å². The monoisotopic (exact) mass is 955 g/mol. The topological polar surface area (TPSA) is 160 Å². The minimum atomic E-state index is -0.653. The van der Waals surface area contributed by atoms with E-state index in [-0.39, 0.29) is 24.1 Å². The fraction of sp³-hybridized carbons (Fsp3) is 0.463. The summed E-state index contributed by atoms with van der Waals surface area (Å²) in [5.41, 5.74) is 10.5. The molecule has 16 heteroatoms. The molecule has 2 aromatic carbocycles. The predicted octanol–water partition coefficient (Wildman–Crippen LogP) is 7.77. The molecule has 7 heterocycles. The highest BCUT2D eigenvalue weighted by molar-refractivity contribution is 6.01. The van der Waals surface area contributed by atoms with Gasteiger partial charge >= 0.3 is 6.09 Å². The van der Waals surface area contributed by atoms with Gasteiger partial charge in [0, 0.05) is 114 Å². The molecule has 2 atom stereocenters. The number of piperidine rings is 2. The second-order valence-electron chi connectivity index (χ2n) is 20.5. The largest absolute Gasteiger partial charge is 0.444 e. The third-order valence-corrected chi connectivity index (χ3v) is 14.3. The van der Waals surface area contributed by atoms with Crippen molar-refractivity contribution in [1.29, 1.82) is 0 Å². The van der Waals surface area contributed by atoms with E-state index in [4.69, 9.17) is 9.72 Å². The number of piperazine rings is 1. The van der Waals surface area contributed by atoms with Crippen LogP contribution in [0.4, 0.5) is 26.4 Å². The van der Waals surface area contributed by atoms with Crippen LogP contribution in [0.3, 0.4) is 0 Å². The van der Waals surface area contributed by atoms with Crippen molar-refractivity contribution in [1.82, 2.24) is 34.6 Å². The van der Waals surface area contributed by atoms with Gasteiger partial charge in [0.2, 0.25) is 11.8 Å². The molecule has 4 N–H and O–H groups in total. The summed E-state index contributed by atoms with van der Waals surface area (Å²) in [6.07, 6.45) is 8.39. The van der Waals surface area contributed by atoms with Gasteiger partial charge in [-0.2, -0.15) is 0 Å². The average Bonchev–Trinajstić information content (AvgIpc) is 3.64. The molecule has 5 aromatic rings. The van der Waals surface area contributed by atoms with E-state index in [0.717, 1.165) is 112 Å². The molecule has 4 aliphatic heterocycles. The molecule has 0 spiro atoms. The molecule has 3 saturated heterocycles. The number of pyridine rings is 2. The molecule has 370 valence electrons. The third-order valence-electron chi connectivity index (χ3n) is 14.3. The van der Waals surface area contributed by atoms with E-state index in [1.807, 2.05) is 39.1 Å². The Kier molecular flexibility index (Phi) is 14.4. The smallest absolute Gasteiger partial charge is 0.413 e. The quantitative estimate of drug-likeness (QED) is 0.0902. The second kappa shape index (κ2) is 20.6. The van der Waals surface area contributed by atoms with Crippen LogP contribution in [-0.4, -0.2) is 123 Å². The number of imide groups is 1. The number of ether oxygens (including phenoxy) is 1. The number of halogens is 1. The van der Waals surface area contributed by atoms with Gasteiger partial charge in [-0.25, -0.2) is 19.2 Å². The number of benzene rings is 2. The van der Waals surface area contributed by atoms with Gasteiger partial charge in [-0.3, -0.25) is 34.9 Å². The Labute approximate surface area is 410 Å². The van der Waals surface area contributed by atoms with Crippen molar-refractivity contribution >= 4 is 51.7 Å². The highest BCUT2D eigenvalue weighted by Gasteiger charge is 2.30. The average molecular weight is 955 g/mol. The first-order valence-electron chi connectivity index (χ1n) is 24.8. The Hall–Kier alpha value is -6.20.